The minimum Gasteiger partial charge on any atom is -0.493 e. The SMILES string of the molecule is COc1cc2cc(c1OC)-c1ccc3c(c1)C(CCO3)NC(=O)CCN(C(=O)CCCc1c[nH]c3ccccc13)CCNC(=O)CC2. The van der Waals surface area contributed by atoms with Gasteiger partial charge in [-0.15, -0.1) is 0 Å². The molecule has 3 heterocycles. The number of aromatic nitrogens is 1. The number of amides is 3. The number of methoxy groups -OCH3 is 2. The first-order valence-electron chi connectivity index (χ1n) is 16.3. The highest BCUT2D eigenvalue weighted by molar-refractivity contribution is 5.84. The second-order valence-electron chi connectivity index (χ2n) is 12.1. The predicted molar refractivity (Wildman–Crippen MR) is 180 cm³/mol. The molecule has 10 nitrogen and oxygen atoms in total. The molecule has 1 unspecified atom stereocenters. The van der Waals surface area contributed by atoms with Gasteiger partial charge in [-0.3, -0.25) is 14.4 Å². The Morgan fingerprint density at radius 1 is 0.979 bits per heavy atom. The number of H-pyrrole nitrogens is 1. The highest BCUT2D eigenvalue weighted by Crippen LogP contribution is 2.42. The molecule has 2 aliphatic heterocycles. The molecule has 0 saturated carbocycles. The van der Waals surface area contributed by atoms with Gasteiger partial charge in [0.05, 0.1) is 26.9 Å². The molecule has 3 amide bonds. The lowest BCUT2D eigenvalue weighted by Crippen LogP contribution is -2.41. The Kier molecular flexibility index (Phi) is 9.94. The van der Waals surface area contributed by atoms with E-state index in [-0.39, 0.29) is 43.1 Å². The van der Waals surface area contributed by atoms with Gasteiger partial charge in [-0.1, -0.05) is 24.3 Å². The fourth-order valence-corrected chi connectivity index (χ4v) is 6.56. The molecule has 246 valence electrons. The average molecular weight is 639 g/mol. The molecule has 4 aromatic rings. The van der Waals surface area contributed by atoms with Crippen LogP contribution in [0.25, 0.3) is 22.0 Å². The van der Waals surface area contributed by atoms with Crippen molar-refractivity contribution in [2.45, 2.75) is 51.0 Å². The molecule has 0 aliphatic carbocycles. The smallest absolute Gasteiger partial charge is 0.222 e. The van der Waals surface area contributed by atoms with Gasteiger partial charge in [0.25, 0.3) is 0 Å². The molecule has 3 aromatic carbocycles. The number of ether oxygens (including phenoxy) is 3. The van der Waals surface area contributed by atoms with Crippen LogP contribution in [0.3, 0.4) is 0 Å². The zero-order valence-electron chi connectivity index (χ0n) is 27.0. The third kappa shape index (κ3) is 7.37. The molecule has 4 bridgehead atoms. The molecule has 47 heavy (non-hydrogen) atoms. The predicted octanol–water partition coefficient (Wildman–Crippen LogP) is 5.10. The van der Waals surface area contributed by atoms with Gasteiger partial charge in [0.1, 0.15) is 5.75 Å². The molecule has 0 saturated heterocycles. The van der Waals surface area contributed by atoms with Gasteiger partial charge in [0.15, 0.2) is 11.5 Å². The van der Waals surface area contributed by atoms with Crippen LogP contribution >= 0.6 is 0 Å². The summed E-state index contributed by atoms with van der Waals surface area (Å²) in [6.45, 7) is 1.39. The van der Waals surface area contributed by atoms with Crippen LogP contribution in [-0.2, 0) is 27.2 Å². The summed E-state index contributed by atoms with van der Waals surface area (Å²) in [7, 11) is 3.20. The lowest BCUT2D eigenvalue weighted by atomic mass is 9.93. The zero-order valence-corrected chi connectivity index (χ0v) is 27.0. The molecule has 0 spiro atoms. The van der Waals surface area contributed by atoms with Gasteiger partial charge >= 0.3 is 0 Å². The van der Waals surface area contributed by atoms with E-state index < -0.39 is 0 Å². The van der Waals surface area contributed by atoms with Gasteiger partial charge in [-0.05, 0) is 66.3 Å². The number of fused-ring (bicyclic) bond motifs is 5. The normalized spacial score (nSPS) is 17.1. The lowest BCUT2D eigenvalue weighted by molar-refractivity contribution is -0.132. The molecule has 0 radical (unpaired) electrons. The van der Waals surface area contributed by atoms with Crippen molar-refractivity contribution < 1.29 is 28.6 Å². The maximum Gasteiger partial charge on any atom is 0.222 e. The van der Waals surface area contributed by atoms with Gasteiger partial charge in [-0.2, -0.15) is 0 Å². The monoisotopic (exact) mass is 638 g/mol. The Hall–Kier alpha value is -4.99. The van der Waals surface area contributed by atoms with E-state index in [1.165, 1.54) is 10.9 Å². The van der Waals surface area contributed by atoms with E-state index in [2.05, 4.69) is 21.7 Å². The van der Waals surface area contributed by atoms with E-state index in [0.29, 0.717) is 56.9 Å². The third-order valence-corrected chi connectivity index (χ3v) is 9.05. The maximum absolute atomic E-state index is 13.4. The topological polar surface area (TPSA) is 122 Å². The van der Waals surface area contributed by atoms with Gasteiger partial charge in [-0.25, -0.2) is 0 Å². The van der Waals surface area contributed by atoms with Crippen molar-refractivity contribution >= 4 is 28.6 Å². The summed E-state index contributed by atoms with van der Waals surface area (Å²) in [6.07, 6.45) is 5.37. The highest BCUT2D eigenvalue weighted by atomic mass is 16.5. The number of nitrogens with one attached hydrogen (secondary N) is 3. The largest absolute Gasteiger partial charge is 0.493 e. The van der Waals surface area contributed by atoms with E-state index >= 15 is 0 Å². The van der Waals surface area contributed by atoms with Crippen LogP contribution in [0.2, 0.25) is 0 Å². The summed E-state index contributed by atoms with van der Waals surface area (Å²) in [5.74, 6) is 1.62. The Balaban J connectivity index is 1.21. The van der Waals surface area contributed by atoms with Crippen molar-refractivity contribution in [1.29, 1.82) is 0 Å². The standard InChI is InChI=1S/C37H42N4O6/c1-45-33-21-24-10-13-34(42)38-16-18-41(36(44)9-5-6-26-23-39-30-8-4-3-7-27(26)30)17-14-35(43)40-31-15-19-47-32-12-11-25(22-29(31)32)28(20-24)37(33)46-2/h3-4,7-8,11-12,20-23,31,39H,5-6,9-10,13-19H2,1-2H3,(H,38,42)(H,40,43). The summed E-state index contributed by atoms with van der Waals surface area (Å²) >= 11 is 0. The quantitative estimate of drug-likeness (QED) is 0.270. The third-order valence-electron chi connectivity index (χ3n) is 9.05. The first-order valence-corrected chi connectivity index (χ1v) is 16.3. The molecule has 6 rings (SSSR count). The maximum atomic E-state index is 13.4. The van der Waals surface area contributed by atoms with Crippen LogP contribution in [0, 0.1) is 0 Å². The van der Waals surface area contributed by atoms with Gasteiger partial charge in [0, 0.05) is 73.5 Å². The van der Waals surface area contributed by atoms with Gasteiger partial charge < -0.3 is 34.7 Å². The number of nitrogens with zero attached hydrogens (tertiary/aromatic N) is 1. The Morgan fingerprint density at radius 3 is 2.70 bits per heavy atom. The summed E-state index contributed by atoms with van der Waals surface area (Å²) < 4.78 is 17.4. The minimum absolute atomic E-state index is 0.0276. The number of benzene rings is 3. The van der Waals surface area contributed by atoms with Gasteiger partial charge in [0.2, 0.25) is 17.7 Å². The lowest BCUT2D eigenvalue weighted by Gasteiger charge is -2.28. The fourth-order valence-electron chi connectivity index (χ4n) is 6.56. The number of hydrogen-bond acceptors (Lipinski definition) is 6. The van der Waals surface area contributed by atoms with E-state index in [9.17, 15) is 14.4 Å². The molecule has 1 atom stereocenters. The Bertz CT molecular complexity index is 1770. The highest BCUT2D eigenvalue weighted by Gasteiger charge is 2.26. The van der Waals surface area contributed by atoms with Crippen LogP contribution in [0.4, 0.5) is 0 Å². The first-order chi connectivity index (χ1) is 22.9. The molecule has 1 aromatic heterocycles. The average Bonchev–Trinajstić information content (AvgIpc) is 3.50. The first kappa shape index (κ1) is 32.0. The van der Waals surface area contributed by atoms with Crippen LogP contribution in [0.1, 0.15) is 54.8 Å². The molecular formula is C37H42N4O6. The second-order valence-corrected chi connectivity index (χ2v) is 12.1. The van der Waals surface area contributed by atoms with Crippen LogP contribution < -0.4 is 24.8 Å². The van der Waals surface area contributed by atoms with Crippen LogP contribution in [0.15, 0.2) is 60.8 Å². The molecular weight excluding hydrogens is 596 g/mol. The number of carbonyl (C=O) groups excluding carboxylic acids is 3. The van der Waals surface area contributed by atoms with E-state index in [1.807, 2.05) is 54.7 Å². The van der Waals surface area contributed by atoms with E-state index in [1.54, 1.807) is 19.1 Å². The van der Waals surface area contributed by atoms with Crippen molar-refractivity contribution in [2.75, 3.05) is 40.5 Å². The van der Waals surface area contributed by atoms with E-state index in [0.717, 1.165) is 39.9 Å². The Labute approximate surface area is 274 Å². The summed E-state index contributed by atoms with van der Waals surface area (Å²) in [6, 6.07) is 17.7. The van der Waals surface area contributed by atoms with E-state index in [4.69, 9.17) is 14.2 Å². The number of para-hydroxylation sites is 1. The number of aromatic amines is 1. The summed E-state index contributed by atoms with van der Waals surface area (Å²) in [4.78, 5) is 44.6. The zero-order chi connectivity index (χ0) is 32.8. The molecule has 0 fully saturated rings. The van der Waals surface area contributed by atoms with Crippen molar-refractivity contribution in [3.8, 4) is 28.4 Å². The second kappa shape index (κ2) is 14.6. The summed E-state index contributed by atoms with van der Waals surface area (Å²) in [5, 5.41) is 7.33. The van der Waals surface area contributed by atoms with Crippen molar-refractivity contribution in [1.82, 2.24) is 20.5 Å². The minimum atomic E-state index is -0.235. The summed E-state index contributed by atoms with van der Waals surface area (Å²) in [5.41, 5.74) is 5.81. The van der Waals surface area contributed by atoms with Crippen LogP contribution in [-0.4, -0.2) is 68.1 Å². The van der Waals surface area contributed by atoms with Crippen LogP contribution in [0.5, 0.6) is 17.2 Å². The number of rotatable bonds is 6. The number of hydrogen-bond donors (Lipinski definition) is 3. The fraction of sp³-hybridized carbons (Fsp3) is 0.378. The number of carbonyl (C=O) groups is 3. The molecule has 10 heteroatoms. The van der Waals surface area contributed by atoms with Crippen molar-refractivity contribution in [2.24, 2.45) is 0 Å². The molecule has 3 N–H and O–H groups in total. The van der Waals surface area contributed by atoms with Crippen molar-refractivity contribution in [3.05, 3.63) is 77.5 Å². The van der Waals surface area contributed by atoms with Crippen molar-refractivity contribution in [3.63, 3.8) is 0 Å². The Morgan fingerprint density at radius 2 is 1.85 bits per heavy atom. The molecule has 2 aliphatic rings. The number of aryl methyl sites for hydroxylation is 2.